The highest BCUT2D eigenvalue weighted by atomic mass is 16.2. The number of likely N-dealkylation sites (tertiary alicyclic amines) is 1. The molecule has 7 heteroatoms. The fraction of sp³-hybridized carbons (Fsp3) is 0.500. The van der Waals surface area contributed by atoms with Crippen LogP contribution < -0.4 is 0 Å². The topological polar surface area (TPSA) is 71.3 Å². The standard InChI is InChI=1S/C20H25N5O2/c1-13(2)17(25-11-14-7-4-5-8-15(14)19(25)26)20(27)24-10-6-9-16(24)18-22-21-12-23(18)3/h4-5,7-8,12-13,16-17H,6,9-11H2,1-3H3/t16?,17-/m1/s1. The number of fused-ring (bicyclic) bond motifs is 1. The van der Waals surface area contributed by atoms with Gasteiger partial charge in [-0.2, -0.15) is 0 Å². The van der Waals surface area contributed by atoms with Crippen LogP contribution in [-0.4, -0.2) is 49.0 Å². The predicted octanol–water partition coefficient (Wildman–Crippen LogP) is 2.16. The Kier molecular flexibility index (Phi) is 4.45. The molecular weight excluding hydrogens is 342 g/mol. The number of hydrogen-bond donors (Lipinski definition) is 0. The Bertz CT molecular complexity index is 875. The predicted molar refractivity (Wildman–Crippen MR) is 99.6 cm³/mol. The van der Waals surface area contributed by atoms with E-state index in [1.807, 2.05) is 54.6 Å². The van der Waals surface area contributed by atoms with E-state index in [1.165, 1.54) is 0 Å². The Morgan fingerprint density at radius 1 is 1.26 bits per heavy atom. The van der Waals surface area contributed by atoms with Crippen molar-refractivity contribution >= 4 is 11.8 Å². The zero-order chi connectivity index (χ0) is 19.1. The van der Waals surface area contributed by atoms with Crippen LogP contribution >= 0.6 is 0 Å². The van der Waals surface area contributed by atoms with Crippen molar-refractivity contribution in [1.29, 1.82) is 0 Å². The van der Waals surface area contributed by atoms with E-state index in [1.54, 1.807) is 11.2 Å². The van der Waals surface area contributed by atoms with Crippen LogP contribution in [0.3, 0.4) is 0 Å². The van der Waals surface area contributed by atoms with Gasteiger partial charge in [-0.05, 0) is 30.4 Å². The minimum absolute atomic E-state index is 0.0108. The highest BCUT2D eigenvalue weighted by Crippen LogP contribution is 2.34. The molecule has 0 spiro atoms. The van der Waals surface area contributed by atoms with Crippen molar-refractivity contribution in [3.05, 3.63) is 47.5 Å². The fourth-order valence-corrected chi connectivity index (χ4v) is 4.34. The van der Waals surface area contributed by atoms with Crippen molar-refractivity contribution < 1.29 is 9.59 Å². The molecule has 1 aromatic carbocycles. The van der Waals surface area contributed by atoms with E-state index in [4.69, 9.17) is 0 Å². The number of rotatable bonds is 4. The first-order valence-electron chi connectivity index (χ1n) is 9.52. The summed E-state index contributed by atoms with van der Waals surface area (Å²) >= 11 is 0. The normalized spacial score (nSPS) is 20.4. The van der Waals surface area contributed by atoms with Crippen LogP contribution in [0.5, 0.6) is 0 Å². The number of carbonyl (C=O) groups is 2. The molecule has 2 amide bonds. The van der Waals surface area contributed by atoms with E-state index < -0.39 is 6.04 Å². The summed E-state index contributed by atoms with van der Waals surface area (Å²) in [6.45, 7) is 5.19. The third-order valence-corrected chi connectivity index (χ3v) is 5.65. The van der Waals surface area contributed by atoms with Crippen LogP contribution in [-0.2, 0) is 18.4 Å². The van der Waals surface area contributed by atoms with Gasteiger partial charge in [0.2, 0.25) is 5.91 Å². The molecule has 27 heavy (non-hydrogen) atoms. The number of amides is 2. The first-order valence-corrected chi connectivity index (χ1v) is 9.52. The molecule has 2 aromatic rings. The first-order chi connectivity index (χ1) is 13.0. The molecule has 4 rings (SSSR count). The van der Waals surface area contributed by atoms with Gasteiger partial charge in [0, 0.05) is 25.7 Å². The summed E-state index contributed by atoms with van der Waals surface area (Å²) in [6, 6.07) is 7.07. The molecule has 2 aliphatic rings. The maximum Gasteiger partial charge on any atom is 0.255 e. The maximum atomic E-state index is 13.6. The molecule has 1 unspecified atom stereocenters. The van der Waals surface area contributed by atoms with Gasteiger partial charge in [-0.15, -0.1) is 10.2 Å². The molecule has 0 bridgehead atoms. The van der Waals surface area contributed by atoms with E-state index in [0.717, 1.165) is 24.2 Å². The van der Waals surface area contributed by atoms with Crippen molar-refractivity contribution in [3.8, 4) is 0 Å². The average Bonchev–Trinajstić information content (AvgIpc) is 3.35. The van der Waals surface area contributed by atoms with Gasteiger partial charge in [0.05, 0.1) is 6.04 Å². The minimum atomic E-state index is -0.473. The SMILES string of the molecule is CC(C)[C@H](C(=O)N1CCCC1c1nncn1C)N1Cc2ccccc2C1=O. The van der Waals surface area contributed by atoms with E-state index in [2.05, 4.69) is 10.2 Å². The van der Waals surface area contributed by atoms with Gasteiger partial charge < -0.3 is 14.4 Å². The monoisotopic (exact) mass is 367 g/mol. The molecule has 142 valence electrons. The Morgan fingerprint density at radius 3 is 2.70 bits per heavy atom. The Hall–Kier alpha value is -2.70. The molecule has 1 aromatic heterocycles. The van der Waals surface area contributed by atoms with Gasteiger partial charge >= 0.3 is 0 Å². The molecule has 1 saturated heterocycles. The molecule has 2 aliphatic heterocycles. The highest BCUT2D eigenvalue weighted by Gasteiger charge is 2.43. The summed E-state index contributed by atoms with van der Waals surface area (Å²) in [5.74, 6) is 0.791. The van der Waals surface area contributed by atoms with Gasteiger partial charge in [-0.25, -0.2) is 0 Å². The second-order valence-electron chi connectivity index (χ2n) is 7.77. The first kappa shape index (κ1) is 17.7. The quantitative estimate of drug-likeness (QED) is 0.830. The Balaban J connectivity index is 1.62. The summed E-state index contributed by atoms with van der Waals surface area (Å²) in [4.78, 5) is 30.2. The summed E-state index contributed by atoms with van der Waals surface area (Å²) < 4.78 is 1.87. The zero-order valence-electron chi connectivity index (χ0n) is 16.0. The highest BCUT2D eigenvalue weighted by molar-refractivity contribution is 6.01. The number of aromatic nitrogens is 3. The molecule has 1 fully saturated rings. The van der Waals surface area contributed by atoms with E-state index in [9.17, 15) is 9.59 Å². The van der Waals surface area contributed by atoms with Gasteiger partial charge in [0.1, 0.15) is 12.4 Å². The molecule has 7 nitrogen and oxygen atoms in total. The fourth-order valence-electron chi connectivity index (χ4n) is 4.34. The second-order valence-corrected chi connectivity index (χ2v) is 7.77. The third-order valence-electron chi connectivity index (χ3n) is 5.65. The molecule has 2 atom stereocenters. The van der Waals surface area contributed by atoms with Crippen molar-refractivity contribution in [2.24, 2.45) is 13.0 Å². The molecular formula is C20H25N5O2. The molecule has 0 radical (unpaired) electrons. The van der Waals surface area contributed by atoms with Crippen LogP contribution in [0.25, 0.3) is 0 Å². The Labute approximate surface area is 159 Å². The second kappa shape index (κ2) is 6.79. The van der Waals surface area contributed by atoms with Crippen molar-refractivity contribution in [1.82, 2.24) is 24.6 Å². The minimum Gasteiger partial charge on any atom is -0.331 e. The van der Waals surface area contributed by atoms with Gasteiger partial charge in [0.25, 0.3) is 5.91 Å². The maximum absolute atomic E-state index is 13.6. The number of benzene rings is 1. The number of hydrogen-bond acceptors (Lipinski definition) is 4. The van der Waals surface area contributed by atoms with Crippen LogP contribution in [0.2, 0.25) is 0 Å². The molecule has 0 saturated carbocycles. The zero-order valence-corrected chi connectivity index (χ0v) is 16.0. The lowest BCUT2D eigenvalue weighted by atomic mass is 10.0. The van der Waals surface area contributed by atoms with Crippen LogP contribution in [0.15, 0.2) is 30.6 Å². The van der Waals surface area contributed by atoms with Gasteiger partial charge in [0.15, 0.2) is 5.82 Å². The van der Waals surface area contributed by atoms with E-state index >= 15 is 0 Å². The average molecular weight is 367 g/mol. The summed E-state index contributed by atoms with van der Waals surface area (Å²) in [5, 5.41) is 8.19. The van der Waals surface area contributed by atoms with Crippen molar-refractivity contribution in [2.75, 3.05) is 6.54 Å². The van der Waals surface area contributed by atoms with Crippen molar-refractivity contribution in [3.63, 3.8) is 0 Å². The largest absolute Gasteiger partial charge is 0.331 e. The van der Waals surface area contributed by atoms with Gasteiger partial charge in [-0.3, -0.25) is 9.59 Å². The van der Waals surface area contributed by atoms with Crippen LogP contribution in [0.4, 0.5) is 0 Å². The third kappa shape index (κ3) is 2.91. The van der Waals surface area contributed by atoms with E-state index in [0.29, 0.717) is 18.7 Å². The van der Waals surface area contributed by atoms with Gasteiger partial charge in [-0.1, -0.05) is 32.0 Å². The summed E-state index contributed by atoms with van der Waals surface area (Å²) in [7, 11) is 1.90. The lowest BCUT2D eigenvalue weighted by Crippen LogP contribution is -2.51. The molecule has 3 heterocycles. The number of carbonyl (C=O) groups excluding carboxylic acids is 2. The summed E-state index contributed by atoms with van der Waals surface area (Å²) in [5.41, 5.74) is 1.70. The number of aryl methyl sites for hydroxylation is 1. The lowest BCUT2D eigenvalue weighted by molar-refractivity contribution is -0.139. The smallest absolute Gasteiger partial charge is 0.255 e. The lowest BCUT2D eigenvalue weighted by Gasteiger charge is -2.35. The van der Waals surface area contributed by atoms with Crippen LogP contribution in [0, 0.1) is 5.92 Å². The Morgan fingerprint density at radius 2 is 2.04 bits per heavy atom. The summed E-state index contributed by atoms with van der Waals surface area (Å²) in [6.07, 6.45) is 3.47. The molecule has 0 N–H and O–H groups in total. The number of nitrogens with zero attached hydrogens (tertiary/aromatic N) is 5. The van der Waals surface area contributed by atoms with E-state index in [-0.39, 0.29) is 23.8 Å². The molecule has 0 aliphatic carbocycles. The van der Waals surface area contributed by atoms with Crippen LogP contribution in [0.1, 0.15) is 54.5 Å². The van der Waals surface area contributed by atoms with Crippen molar-refractivity contribution in [2.45, 2.75) is 45.3 Å².